The van der Waals surface area contributed by atoms with Crippen molar-refractivity contribution in [2.45, 2.75) is 135 Å². The van der Waals surface area contributed by atoms with Crippen molar-refractivity contribution in [3.05, 3.63) is 47.7 Å². The summed E-state index contributed by atoms with van der Waals surface area (Å²) in [6, 6.07) is 5.89. The van der Waals surface area contributed by atoms with Gasteiger partial charge in [0.25, 0.3) is 0 Å². The maximum absolute atomic E-state index is 17.9. The number of methoxy groups -OCH3 is 1. The molecule has 3 saturated heterocycles. The topological polar surface area (TPSA) is 125 Å². The van der Waals surface area contributed by atoms with Gasteiger partial charge in [0.2, 0.25) is 0 Å². The van der Waals surface area contributed by atoms with E-state index in [0.29, 0.717) is 76.7 Å². The van der Waals surface area contributed by atoms with Crippen LogP contribution in [0.3, 0.4) is 0 Å². The van der Waals surface area contributed by atoms with Crippen LogP contribution in [0.5, 0.6) is 11.8 Å². The molecular weight excluding hydrogens is 826 g/mol. The lowest BCUT2D eigenvalue weighted by molar-refractivity contribution is 0.0399. The molecule has 0 spiro atoms. The highest BCUT2D eigenvalue weighted by Crippen LogP contribution is 2.45. The molecule has 3 aliphatic heterocycles. The number of nitrogens with zero attached hydrogens (tertiary/aromatic N) is 5. The van der Waals surface area contributed by atoms with Gasteiger partial charge in [0.15, 0.2) is 12.6 Å². The maximum atomic E-state index is 17.9. The van der Waals surface area contributed by atoms with Crippen LogP contribution in [0.25, 0.3) is 32.9 Å². The van der Waals surface area contributed by atoms with Gasteiger partial charge >= 0.3 is 12.1 Å². The lowest BCUT2D eigenvalue weighted by Gasteiger charge is -2.47. The molecule has 5 heterocycles. The van der Waals surface area contributed by atoms with E-state index in [0.717, 1.165) is 19.4 Å². The van der Waals surface area contributed by atoms with Crippen LogP contribution in [0.15, 0.2) is 30.5 Å². The molecule has 7 rings (SSSR count). The zero-order chi connectivity index (χ0) is 45.6. The number of carbonyl (C=O) groups is 1. The highest BCUT2D eigenvalue weighted by Gasteiger charge is 2.50. The van der Waals surface area contributed by atoms with Gasteiger partial charge in [-0.3, -0.25) is 9.88 Å². The zero-order valence-corrected chi connectivity index (χ0v) is 39.4. The van der Waals surface area contributed by atoms with Crippen molar-refractivity contribution in [3.8, 4) is 34.5 Å². The Bertz CT molecular complexity index is 2400. The third-order valence-electron chi connectivity index (χ3n) is 13.8. The van der Waals surface area contributed by atoms with Gasteiger partial charge in [0, 0.05) is 43.8 Å². The number of nitrogens with two attached hydrogens (primary N) is 1. The van der Waals surface area contributed by atoms with Gasteiger partial charge in [-0.15, -0.1) is 5.54 Å². The summed E-state index contributed by atoms with van der Waals surface area (Å²) < 4.78 is 72.5. The first-order chi connectivity index (χ1) is 29.8. The Morgan fingerprint density at radius 2 is 1.76 bits per heavy atom. The molecule has 0 bridgehead atoms. The average molecular weight is 889 g/mol. The second kappa shape index (κ2) is 18.1. The fraction of sp³-hybridized carbons (Fsp3) is 0.583. The van der Waals surface area contributed by atoms with Gasteiger partial charge < -0.3 is 29.6 Å². The van der Waals surface area contributed by atoms with Crippen LogP contribution >= 0.6 is 0 Å². The van der Waals surface area contributed by atoms with Gasteiger partial charge in [-0.1, -0.05) is 74.3 Å². The summed E-state index contributed by atoms with van der Waals surface area (Å²) in [4.78, 5) is 30.8. The van der Waals surface area contributed by atoms with Crippen molar-refractivity contribution >= 4 is 41.7 Å². The normalized spacial score (nSPS) is 22.0. The Hall–Kier alpha value is -4.65. The van der Waals surface area contributed by atoms with Gasteiger partial charge in [-0.2, -0.15) is 9.97 Å². The van der Waals surface area contributed by atoms with Crippen molar-refractivity contribution in [1.29, 1.82) is 0 Å². The van der Waals surface area contributed by atoms with Crippen molar-refractivity contribution in [1.82, 2.24) is 19.9 Å². The number of alkyl halides is 1. The smallest absolute Gasteiger partial charge is 0.404 e. The van der Waals surface area contributed by atoms with Gasteiger partial charge in [-0.25, -0.2) is 18.0 Å². The highest BCUT2D eigenvalue weighted by molar-refractivity contribution is 6.90. The maximum Gasteiger partial charge on any atom is 0.404 e. The van der Waals surface area contributed by atoms with E-state index in [4.69, 9.17) is 39.6 Å². The minimum atomic E-state index is -2.34. The first-order valence-electron chi connectivity index (χ1n) is 22.3. The number of hydrogen-bond acceptors (Lipinski definition) is 10. The molecule has 15 heteroatoms. The quantitative estimate of drug-likeness (QED) is 0.0835. The van der Waals surface area contributed by atoms with E-state index in [1.807, 2.05) is 25.7 Å². The molecule has 340 valence electrons. The fourth-order valence-electron chi connectivity index (χ4n) is 11.2. The molecule has 0 saturated carbocycles. The van der Waals surface area contributed by atoms with Crippen molar-refractivity contribution < 1.29 is 36.9 Å². The summed E-state index contributed by atoms with van der Waals surface area (Å²) in [7, 11) is -0.837. The summed E-state index contributed by atoms with van der Waals surface area (Å²) >= 11 is 0. The van der Waals surface area contributed by atoms with Crippen LogP contribution in [0.1, 0.15) is 100.0 Å². The lowest BCUT2D eigenvalue weighted by Crippen LogP contribution is -2.57. The molecule has 4 aromatic rings. The number of aromatic nitrogens is 3. The Labute approximate surface area is 370 Å². The average Bonchev–Trinajstić information content (AvgIpc) is 3.74. The number of amides is 1. The predicted molar refractivity (Wildman–Crippen MR) is 243 cm³/mol. The molecule has 2 aromatic carbocycles. The molecular formula is C48H63F3N6O5Si. The number of anilines is 1. The van der Waals surface area contributed by atoms with Gasteiger partial charge in [0.05, 0.1) is 22.5 Å². The van der Waals surface area contributed by atoms with Crippen LogP contribution in [-0.4, -0.2) is 98.0 Å². The summed E-state index contributed by atoms with van der Waals surface area (Å²) in [5.74, 6) is 2.71. The Balaban J connectivity index is 1.47. The molecule has 3 fully saturated rings. The summed E-state index contributed by atoms with van der Waals surface area (Å²) in [5.41, 5.74) is 9.36. The minimum Gasteiger partial charge on any atom is -0.468 e. The molecule has 63 heavy (non-hydrogen) atoms. The SMILES string of the molecule is COCOc1cc(-c2ncc3c(N4CCCC(OC(N)=O)[C@@H]4C(C)(C)C)nc(OC[C@@]45CCCN4C[C@H](F)C5)nc3c2F)c2c(C#C[Si](C(C)C)(C(C)C)C(C)C)c(F)ccc2c1. The third kappa shape index (κ3) is 8.79. The summed E-state index contributed by atoms with van der Waals surface area (Å²) in [6.07, 6.45) is 2.26. The second-order valence-electron chi connectivity index (χ2n) is 19.7. The summed E-state index contributed by atoms with van der Waals surface area (Å²) in [5, 5.41) is 1.27. The van der Waals surface area contributed by atoms with Crippen LogP contribution in [0.4, 0.5) is 23.8 Å². The van der Waals surface area contributed by atoms with E-state index in [2.05, 4.69) is 57.9 Å². The van der Waals surface area contributed by atoms with Crippen molar-refractivity contribution in [3.63, 3.8) is 0 Å². The molecule has 1 unspecified atom stereocenters. The second-order valence-corrected chi connectivity index (χ2v) is 25.3. The number of hydrogen-bond donors (Lipinski definition) is 1. The minimum absolute atomic E-state index is 0.0765. The largest absolute Gasteiger partial charge is 0.468 e. The van der Waals surface area contributed by atoms with E-state index in [-0.39, 0.29) is 41.7 Å². The summed E-state index contributed by atoms with van der Waals surface area (Å²) in [6.45, 7) is 20.9. The van der Waals surface area contributed by atoms with E-state index in [1.54, 1.807) is 18.2 Å². The van der Waals surface area contributed by atoms with Crippen LogP contribution in [-0.2, 0) is 9.47 Å². The number of rotatable bonds is 12. The van der Waals surface area contributed by atoms with Crippen LogP contribution < -0.4 is 20.1 Å². The molecule has 2 N–H and O–H groups in total. The highest BCUT2D eigenvalue weighted by atomic mass is 28.3. The van der Waals surface area contributed by atoms with E-state index in [1.165, 1.54) is 19.4 Å². The van der Waals surface area contributed by atoms with Crippen molar-refractivity contribution in [2.75, 3.05) is 45.0 Å². The molecule has 0 aliphatic carbocycles. The van der Waals surface area contributed by atoms with Crippen LogP contribution in [0, 0.1) is 28.5 Å². The number of benzene rings is 2. The van der Waals surface area contributed by atoms with Crippen molar-refractivity contribution in [2.24, 2.45) is 11.1 Å². The Kier molecular flexibility index (Phi) is 13.3. The third-order valence-corrected chi connectivity index (χ3v) is 20.1. The Morgan fingerprint density at radius 3 is 2.43 bits per heavy atom. The van der Waals surface area contributed by atoms with Crippen LogP contribution in [0.2, 0.25) is 16.6 Å². The molecule has 4 atom stereocenters. The number of carbonyl (C=O) groups excluding carboxylic acids is 1. The molecule has 0 radical (unpaired) electrons. The van der Waals surface area contributed by atoms with Gasteiger partial charge in [-0.05, 0) is 77.9 Å². The van der Waals surface area contributed by atoms with E-state index in [9.17, 15) is 9.18 Å². The lowest BCUT2D eigenvalue weighted by atomic mass is 9.78. The monoisotopic (exact) mass is 888 g/mol. The number of fused-ring (bicyclic) bond motifs is 3. The number of pyridine rings is 1. The standard InChI is InChI=1S/C48H63F3N6O5Si/c1-28(2)63(29(3)4,30(5)6)20-16-34-37(50)15-14-31-21-33(61-27-59-10)22-35(39(31)34)41-40(51)42-36(24-53-41)44(57-19-11-13-38(62-45(52)58)43(57)47(7,8)9)55-46(54-42)60-26-48-17-12-18-56(48)25-32(49)23-48/h14-15,21-22,24,28-30,32,38,43H,11-13,17-19,23,25-27H2,1-10H3,(H2,52,58)/t32-,38?,43-,48+/m1/s1. The fourth-order valence-corrected chi connectivity index (χ4v) is 16.4. The van der Waals surface area contributed by atoms with E-state index < -0.39 is 55.1 Å². The Morgan fingerprint density at radius 1 is 1.03 bits per heavy atom. The van der Waals surface area contributed by atoms with E-state index >= 15 is 8.78 Å². The predicted octanol–water partition coefficient (Wildman–Crippen LogP) is 10.1. The number of ether oxygens (including phenoxy) is 4. The first-order valence-corrected chi connectivity index (χ1v) is 24.6. The number of piperidine rings is 1. The van der Waals surface area contributed by atoms with Gasteiger partial charge in [0.1, 0.15) is 55.6 Å². The first kappa shape index (κ1) is 46.3. The number of halogens is 3. The molecule has 11 nitrogen and oxygen atoms in total. The molecule has 1 amide bonds. The zero-order valence-electron chi connectivity index (χ0n) is 38.4. The molecule has 3 aliphatic rings. The number of primary amides is 1. The molecule has 2 aromatic heterocycles.